The maximum absolute atomic E-state index is 13.4. The molecule has 0 unspecified atom stereocenters. The van der Waals surface area contributed by atoms with E-state index in [1.165, 1.54) is 10.9 Å². The number of ether oxygens (including phenoxy) is 3. The van der Waals surface area contributed by atoms with E-state index in [2.05, 4.69) is 5.10 Å². The van der Waals surface area contributed by atoms with Crippen LogP contribution in [0.3, 0.4) is 0 Å². The van der Waals surface area contributed by atoms with Crippen molar-refractivity contribution in [1.29, 1.82) is 0 Å². The van der Waals surface area contributed by atoms with Gasteiger partial charge in [0.1, 0.15) is 0 Å². The molecule has 1 saturated heterocycles. The fourth-order valence-electron chi connectivity index (χ4n) is 4.23. The van der Waals surface area contributed by atoms with Crippen molar-refractivity contribution in [3.05, 3.63) is 87.7 Å². The summed E-state index contributed by atoms with van der Waals surface area (Å²) in [6, 6.07) is 19.9. The fourth-order valence-corrected chi connectivity index (χ4v) is 4.51. The highest BCUT2D eigenvalue weighted by Gasteiger charge is 2.20. The van der Waals surface area contributed by atoms with Crippen molar-refractivity contribution < 1.29 is 19.0 Å². The Bertz CT molecular complexity index is 1570. The summed E-state index contributed by atoms with van der Waals surface area (Å²) in [6.45, 7) is 4.08. The Hall–Kier alpha value is -4.21. The SMILES string of the molecule is CCOc1cc(C=Nn2c(-c3ccccc3)nc3ccccc3c2=O)cc(Cl)c1OCC(=O)N1CCOCC1. The number of rotatable bonds is 8. The first-order valence-corrected chi connectivity index (χ1v) is 13.0. The highest BCUT2D eigenvalue weighted by atomic mass is 35.5. The fraction of sp³-hybridized carbons (Fsp3) is 0.241. The summed E-state index contributed by atoms with van der Waals surface area (Å²) in [5.41, 5.74) is 1.62. The molecule has 1 aliphatic heterocycles. The summed E-state index contributed by atoms with van der Waals surface area (Å²) in [5, 5.41) is 5.21. The van der Waals surface area contributed by atoms with Gasteiger partial charge in [0.25, 0.3) is 11.5 Å². The van der Waals surface area contributed by atoms with Crippen molar-refractivity contribution in [2.75, 3.05) is 39.5 Å². The molecule has 2 heterocycles. The lowest BCUT2D eigenvalue weighted by molar-refractivity contribution is -0.137. The lowest BCUT2D eigenvalue weighted by atomic mass is 10.2. The number of hydrogen-bond acceptors (Lipinski definition) is 7. The lowest BCUT2D eigenvalue weighted by Gasteiger charge is -2.27. The minimum absolute atomic E-state index is 0.154. The first-order chi connectivity index (χ1) is 19.0. The number of aromatic nitrogens is 2. The zero-order chi connectivity index (χ0) is 27.2. The minimum atomic E-state index is -0.298. The molecule has 10 heteroatoms. The largest absolute Gasteiger partial charge is 0.490 e. The number of fused-ring (bicyclic) bond motifs is 1. The van der Waals surface area contributed by atoms with E-state index in [1.54, 1.807) is 35.2 Å². The predicted molar refractivity (Wildman–Crippen MR) is 150 cm³/mol. The lowest BCUT2D eigenvalue weighted by Crippen LogP contribution is -2.43. The smallest absolute Gasteiger partial charge is 0.282 e. The monoisotopic (exact) mass is 546 g/mol. The second-order valence-corrected chi connectivity index (χ2v) is 9.13. The van der Waals surface area contributed by atoms with Crippen molar-refractivity contribution in [1.82, 2.24) is 14.6 Å². The van der Waals surface area contributed by atoms with Crippen LogP contribution in [0.1, 0.15) is 12.5 Å². The second kappa shape index (κ2) is 12.1. The van der Waals surface area contributed by atoms with Crippen LogP contribution in [0.4, 0.5) is 0 Å². The van der Waals surface area contributed by atoms with Gasteiger partial charge in [0.05, 0.1) is 42.0 Å². The van der Waals surface area contributed by atoms with Gasteiger partial charge in [-0.1, -0.05) is 54.1 Å². The number of amides is 1. The Kier molecular flexibility index (Phi) is 8.19. The van der Waals surface area contributed by atoms with E-state index in [-0.39, 0.29) is 28.8 Å². The standard InChI is InChI=1S/C29H27ClN4O5/c1-2-38-25-17-20(16-23(30)27(25)39-19-26(35)33-12-14-37-15-13-33)18-31-34-28(21-8-4-3-5-9-21)32-24-11-7-6-10-22(24)29(34)36/h3-11,16-18H,2,12-15,19H2,1H3. The van der Waals surface area contributed by atoms with Gasteiger partial charge >= 0.3 is 0 Å². The van der Waals surface area contributed by atoms with Crippen molar-refractivity contribution >= 4 is 34.6 Å². The summed E-state index contributed by atoms with van der Waals surface area (Å²) >= 11 is 6.57. The Labute approximate surface area is 230 Å². The van der Waals surface area contributed by atoms with E-state index < -0.39 is 0 Å². The predicted octanol–water partition coefficient (Wildman–Crippen LogP) is 4.24. The summed E-state index contributed by atoms with van der Waals surface area (Å²) in [7, 11) is 0. The quantitative estimate of drug-likeness (QED) is 0.307. The summed E-state index contributed by atoms with van der Waals surface area (Å²) < 4.78 is 18.1. The average Bonchev–Trinajstić information content (AvgIpc) is 2.97. The van der Waals surface area contributed by atoms with Gasteiger partial charge in [0.2, 0.25) is 0 Å². The number of hydrogen-bond donors (Lipinski definition) is 0. The Morgan fingerprint density at radius 1 is 1.08 bits per heavy atom. The molecule has 4 aromatic rings. The van der Waals surface area contributed by atoms with E-state index in [1.807, 2.05) is 43.3 Å². The Morgan fingerprint density at radius 2 is 1.82 bits per heavy atom. The Morgan fingerprint density at radius 3 is 2.59 bits per heavy atom. The van der Waals surface area contributed by atoms with E-state index >= 15 is 0 Å². The van der Waals surface area contributed by atoms with Gasteiger partial charge in [-0.2, -0.15) is 9.78 Å². The average molecular weight is 547 g/mol. The maximum atomic E-state index is 13.4. The number of halogens is 1. The number of carbonyl (C=O) groups excluding carboxylic acids is 1. The van der Waals surface area contributed by atoms with Gasteiger partial charge in [0.15, 0.2) is 23.9 Å². The molecular weight excluding hydrogens is 520 g/mol. The van der Waals surface area contributed by atoms with Crippen molar-refractivity contribution in [3.63, 3.8) is 0 Å². The minimum Gasteiger partial charge on any atom is -0.490 e. The zero-order valence-corrected chi connectivity index (χ0v) is 22.1. The maximum Gasteiger partial charge on any atom is 0.282 e. The molecule has 1 aliphatic rings. The topological polar surface area (TPSA) is 95.2 Å². The van der Waals surface area contributed by atoms with Crippen LogP contribution >= 0.6 is 11.6 Å². The molecule has 1 aromatic heterocycles. The van der Waals surface area contributed by atoms with Gasteiger partial charge in [-0.15, -0.1) is 0 Å². The molecule has 0 aliphatic carbocycles. The molecule has 0 bridgehead atoms. The number of nitrogens with zero attached hydrogens (tertiary/aromatic N) is 4. The second-order valence-electron chi connectivity index (χ2n) is 8.72. The van der Waals surface area contributed by atoms with Crippen LogP contribution in [0.15, 0.2) is 76.6 Å². The molecule has 9 nitrogen and oxygen atoms in total. The first kappa shape index (κ1) is 26.4. The van der Waals surface area contributed by atoms with E-state index in [0.717, 1.165) is 5.56 Å². The van der Waals surface area contributed by atoms with Crippen molar-refractivity contribution in [3.8, 4) is 22.9 Å². The molecular formula is C29H27ClN4O5. The zero-order valence-electron chi connectivity index (χ0n) is 21.4. The highest BCUT2D eigenvalue weighted by molar-refractivity contribution is 6.32. The van der Waals surface area contributed by atoms with E-state index in [9.17, 15) is 9.59 Å². The van der Waals surface area contributed by atoms with Crippen molar-refractivity contribution in [2.45, 2.75) is 6.92 Å². The van der Waals surface area contributed by atoms with Crippen LogP contribution in [0.5, 0.6) is 11.5 Å². The number of carbonyl (C=O) groups is 1. The van der Waals surface area contributed by atoms with Gasteiger partial charge in [-0.05, 0) is 36.8 Å². The number of morpholine rings is 1. The third kappa shape index (κ3) is 5.94. The van der Waals surface area contributed by atoms with Gasteiger partial charge in [-0.3, -0.25) is 9.59 Å². The van der Waals surface area contributed by atoms with Crippen LogP contribution in [0.25, 0.3) is 22.3 Å². The Balaban J connectivity index is 1.47. The molecule has 1 fully saturated rings. The molecule has 0 spiro atoms. The van der Waals surface area contributed by atoms with E-state index in [4.69, 9.17) is 30.8 Å². The van der Waals surface area contributed by atoms with Crippen LogP contribution in [-0.2, 0) is 9.53 Å². The highest BCUT2D eigenvalue weighted by Crippen LogP contribution is 2.36. The van der Waals surface area contributed by atoms with Gasteiger partial charge < -0.3 is 19.1 Å². The molecule has 0 N–H and O–H groups in total. The summed E-state index contributed by atoms with van der Waals surface area (Å²) in [4.78, 5) is 32.4. The molecule has 3 aromatic carbocycles. The van der Waals surface area contributed by atoms with Crippen LogP contribution in [0, 0.1) is 0 Å². The first-order valence-electron chi connectivity index (χ1n) is 12.6. The van der Waals surface area contributed by atoms with Gasteiger partial charge in [0, 0.05) is 18.7 Å². The molecule has 39 heavy (non-hydrogen) atoms. The molecule has 0 radical (unpaired) electrons. The molecule has 0 saturated carbocycles. The van der Waals surface area contributed by atoms with Crippen LogP contribution in [-0.4, -0.2) is 66.2 Å². The number of benzene rings is 3. The van der Waals surface area contributed by atoms with E-state index in [0.29, 0.717) is 61.0 Å². The molecule has 0 atom stereocenters. The normalized spacial score (nSPS) is 13.6. The number of para-hydroxylation sites is 1. The third-order valence-corrected chi connectivity index (χ3v) is 6.42. The molecule has 5 rings (SSSR count). The van der Waals surface area contributed by atoms with Crippen molar-refractivity contribution in [2.24, 2.45) is 5.10 Å². The summed E-state index contributed by atoms with van der Waals surface area (Å²) in [6.07, 6.45) is 1.52. The molecule has 200 valence electrons. The van der Waals surface area contributed by atoms with Crippen LogP contribution < -0.4 is 15.0 Å². The van der Waals surface area contributed by atoms with Gasteiger partial charge in [-0.25, -0.2) is 4.98 Å². The summed E-state index contributed by atoms with van der Waals surface area (Å²) in [5.74, 6) is 0.896. The van der Waals surface area contributed by atoms with Crippen LogP contribution in [0.2, 0.25) is 5.02 Å². The molecule has 1 amide bonds. The third-order valence-electron chi connectivity index (χ3n) is 6.14.